The fourth-order valence-electron chi connectivity index (χ4n) is 1.58. The number of rotatable bonds is 4. The number of guanidine groups is 1. The molecular formula is C9H19N3S. The highest BCUT2D eigenvalue weighted by Crippen LogP contribution is 2.17. The van der Waals surface area contributed by atoms with Gasteiger partial charge < -0.3 is 11.1 Å². The van der Waals surface area contributed by atoms with E-state index in [0.717, 1.165) is 12.3 Å². The van der Waals surface area contributed by atoms with Crippen molar-refractivity contribution in [1.82, 2.24) is 5.32 Å². The first-order chi connectivity index (χ1) is 6.33. The molecule has 1 saturated carbocycles. The van der Waals surface area contributed by atoms with Gasteiger partial charge in [-0.2, -0.15) is 11.8 Å². The van der Waals surface area contributed by atoms with Gasteiger partial charge in [0.2, 0.25) is 0 Å². The smallest absolute Gasteiger partial charge is 0.188 e. The summed E-state index contributed by atoms with van der Waals surface area (Å²) in [5.74, 6) is 1.67. The molecule has 0 heterocycles. The first-order valence-corrected chi connectivity index (χ1v) is 6.27. The lowest BCUT2D eigenvalue weighted by Gasteiger charge is -2.11. The Balaban J connectivity index is 2.14. The predicted octanol–water partition coefficient (Wildman–Crippen LogP) is 1.20. The van der Waals surface area contributed by atoms with Gasteiger partial charge in [-0.15, -0.1) is 0 Å². The molecular weight excluding hydrogens is 182 g/mol. The zero-order valence-electron chi connectivity index (χ0n) is 8.25. The molecule has 0 unspecified atom stereocenters. The van der Waals surface area contributed by atoms with Crippen molar-refractivity contribution in [2.24, 2.45) is 10.7 Å². The van der Waals surface area contributed by atoms with Crippen LogP contribution in [0.3, 0.4) is 0 Å². The lowest BCUT2D eigenvalue weighted by atomic mass is 10.3. The maximum Gasteiger partial charge on any atom is 0.188 e. The molecule has 0 aromatic rings. The van der Waals surface area contributed by atoms with E-state index in [-0.39, 0.29) is 0 Å². The van der Waals surface area contributed by atoms with Crippen LogP contribution in [-0.2, 0) is 0 Å². The summed E-state index contributed by atoms with van der Waals surface area (Å²) < 4.78 is 0. The summed E-state index contributed by atoms with van der Waals surface area (Å²) in [6.07, 6.45) is 7.24. The van der Waals surface area contributed by atoms with Crippen LogP contribution in [0.25, 0.3) is 0 Å². The Morgan fingerprint density at radius 3 is 2.85 bits per heavy atom. The highest BCUT2D eigenvalue weighted by atomic mass is 32.2. The average molecular weight is 201 g/mol. The van der Waals surface area contributed by atoms with Crippen molar-refractivity contribution in [1.29, 1.82) is 0 Å². The topological polar surface area (TPSA) is 50.4 Å². The molecule has 0 aromatic heterocycles. The van der Waals surface area contributed by atoms with E-state index in [9.17, 15) is 0 Å². The van der Waals surface area contributed by atoms with Crippen molar-refractivity contribution >= 4 is 17.7 Å². The summed E-state index contributed by atoms with van der Waals surface area (Å²) in [6, 6.07) is 0.582. The normalized spacial score (nSPS) is 19.3. The lowest BCUT2D eigenvalue weighted by molar-refractivity contribution is 0.626. The number of thioether (sulfide) groups is 1. The summed E-state index contributed by atoms with van der Waals surface area (Å²) >= 11 is 1.80. The van der Waals surface area contributed by atoms with E-state index in [0.29, 0.717) is 12.0 Å². The molecule has 3 N–H and O–H groups in total. The van der Waals surface area contributed by atoms with Gasteiger partial charge in [0.15, 0.2) is 5.96 Å². The maximum atomic E-state index is 5.72. The standard InChI is InChI=1S/C9H19N3S/c1-13-7-6-11-9(10)12-8-4-2-3-5-8/h8H,2-7H2,1H3,(H3,10,11,12). The molecule has 0 spiro atoms. The molecule has 4 heteroatoms. The van der Waals surface area contributed by atoms with E-state index in [1.54, 1.807) is 11.8 Å². The van der Waals surface area contributed by atoms with Crippen molar-refractivity contribution < 1.29 is 0 Å². The Bertz CT molecular complexity index is 164. The summed E-state index contributed by atoms with van der Waals surface area (Å²) in [4.78, 5) is 4.24. The van der Waals surface area contributed by atoms with Crippen molar-refractivity contribution in [3.8, 4) is 0 Å². The van der Waals surface area contributed by atoms with Gasteiger partial charge in [-0.25, -0.2) is 0 Å². The van der Waals surface area contributed by atoms with Gasteiger partial charge in [0.05, 0.1) is 6.54 Å². The second kappa shape index (κ2) is 6.13. The van der Waals surface area contributed by atoms with Crippen molar-refractivity contribution in [2.45, 2.75) is 31.7 Å². The summed E-state index contributed by atoms with van der Waals surface area (Å²) in [5, 5.41) is 3.26. The monoisotopic (exact) mass is 201 g/mol. The molecule has 3 nitrogen and oxygen atoms in total. The molecule has 1 aliphatic carbocycles. The molecule has 0 radical (unpaired) electrons. The third kappa shape index (κ3) is 4.41. The fourth-order valence-corrected chi connectivity index (χ4v) is 1.86. The molecule has 1 aliphatic rings. The molecule has 76 valence electrons. The van der Waals surface area contributed by atoms with Crippen molar-refractivity contribution in [3.63, 3.8) is 0 Å². The van der Waals surface area contributed by atoms with Crippen LogP contribution in [0.5, 0.6) is 0 Å². The van der Waals surface area contributed by atoms with E-state index in [1.807, 2.05) is 0 Å². The molecule has 13 heavy (non-hydrogen) atoms. The van der Waals surface area contributed by atoms with Crippen molar-refractivity contribution in [3.05, 3.63) is 0 Å². The molecule has 0 amide bonds. The SMILES string of the molecule is CSCCN=C(N)NC1CCCC1. The van der Waals surface area contributed by atoms with E-state index in [1.165, 1.54) is 25.7 Å². The van der Waals surface area contributed by atoms with Crippen LogP contribution in [0, 0.1) is 0 Å². The van der Waals surface area contributed by atoms with Crippen LogP contribution in [0.1, 0.15) is 25.7 Å². The third-order valence-corrected chi connectivity index (χ3v) is 2.88. The summed E-state index contributed by atoms with van der Waals surface area (Å²) in [7, 11) is 0. The number of nitrogens with one attached hydrogen (secondary N) is 1. The second-order valence-corrected chi connectivity index (χ2v) is 4.37. The van der Waals surface area contributed by atoms with Crippen LogP contribution in [-0.4, -0.2) is 30.6 Å². The van der Waals surface area contributed by atoms with Gasteiger partial charge in [0.1, 0.15) is 0 Å². The van der Waals surface area contributed by atoms with Crippen LogP contribution in [0.2, 0.25) is 0 Å². The predicted molar refractivity (Wildman–Crippen MR) is 60.3 cm³/mol. The quantitative estimate of drug-likeness (QED) is 0.408. The number of nitrogens with two attached hydrogens (primary N) is 1. The Morgan fingerprint density at radius 2 is 2.23 bits per heavy atom. The second-order valence-electron chi connectivity index (χ2n) is 3.39. The Hall–Kier alpha value is -0.380. The Kier molecular flexibility index (Phi) is 5.05. The first kappa shape index (κ1) is 10.7. The van der Waals surface area contributed by atoms with E-state index in [2.05, 4.69) is 16.6 Å². The highest BCUT2D eigenvalue weighted by molar-refractivity contribution is 7.98. The maximum absolute atomic E-state index is 5.72. The minimum absolute atomic E-state index is 0.582. The molecule has 1 fully saturated rings. The Morgan fingerprint density at radius 1 is 1.54 bits per heavy atom. The van der Waals surface area contributed by atoms with Crippen molar-refractivity contribution in [2.75, 3.05) is 18.6 Å². The Labute approximate surface area is 84.6 Å². The molecule has 0 aliphatic heterocycles. The van der Waals surface area contributed by atoms with E-state index < -0.39 is 0 Å². The number of hydrogen-bond acceptors (Lipinski definition) is 2. The van der Waals surface area contributed by atoms with Gasteiger partial charge in [-0.05, 0) is 19.1 Å². The molecule has 0 bridgehead atoms. The van der Waals surface area contributed by atoms with Gasteiger partial charge in [0, 0.05) is 11.8 Å². The zero-order valence-corrected chi connectivity index (χ0v) is 9.07. The van der Waals surface area contributed by atoms with Gasteiger partial charge >= 0.3 is 0 Å². The lowest BCUT2D eigenvalue weighted by Crippen LogP contribution is -2.38. The summed E-state index contributed by atoms with van der Waals surface area (Å²) in [5.41, 5.74) is 5.72. The van der Waals surface area contributed by atoms with E-state index in [4.69, 9.17) is 5.73 Å². The zero-order chi connectivity index (χ0) is 9.52. The number of aliphatic imine (C=N–C) groups is 1. The van der Waals surface area contributed by atoms with Crippen LogP contribution in [0.15, 0.2) is 4.99 Å². The molecule has 0 atom stereocenters. The van der Waals surface area contributed by atoms with Crippen LogP contribution >= 0.6 is 11.8 Å². The van der Waals surface area contributed by atoms with Crippen LogP contribution < -0.4 is 11.1 Å². The number of hydrogen-bond donors (Lipinski definition) is 2. The largest absolute Gasteiger partial charge is 0.370 e. The molecule has 0 aromatic carbocycles. The van der Waals surface area contributed by atoms with Gasteiger partial charge in [0.25, 0.3) is 0 Å². The number of nitrogens with zero attached hydrogens (tertiary/aromatic N) is 1. The summed E-state index contributed by atoms with van der Waals surface area (Å²) in [6.45, 7) is 0.826. The van der Waals surface area contributed by atoms with Crippen LogP contribution in [0.4, 0.5) is 0 Å². The fraction of sp³-hybridized carbons (Fsp3) is 0.889. The third-order valence-electron chi connectivity index (χ3n) is 2.28. The molecule has 0 saturated heterocycles. The average Bonchev–Trinajstić information content (AvgIpc) is 2.57. The first-order valence-electron chi connectivity index (χ1n) is 4.88. The minimum Gasteiger partial charge on any atom is -0.370 e. The molecule has 1 rings (SSSR count). The minimum atomic E-state index is 0.582. The van der Waals surface area contributed by atoms with Gasteiger partial charge in [-0.1, -0.05) is 12.8 Å². The van der Waals surface area contributed by atoms with E-state index >= 15 is 0 Å². The highest BCUT2D eigenvalue weighted by Gasteiger charge is 2.14. The van der Waals surface area contributed by atoms with Gasteiger partial charge in [-0.3, -0.25) is 4.99 Å².